The second-order valence-corrected chi connectivity index (χ2v) is 7.87. The number of aliphatic imine (C=N–C) groups is 1. The highest BCUT2D eigenvalue weighted by atomic mass is 127. The fraction of sp³-hybridized carbons (Fsp3) is 0.533. The van der Waals surface area contributed by atoms with Crippen LogP contribution >= 0.6 is 34.5 Å². The van der Waals surface area contributed by atoms with Gasteiger partial charge in [-0.05, 0) is 14.0 Å². The molecule has 0 bridgehead atoms. The first-order valence-corrected chi connectivity index (χ1v) is 9.16. The minimum Gasteiger partial charge on any atom is -0.381 e. The zero-order valence-electron chi connectivity index (χ0n) is 13.4. The molecule has 0 spiro atoms. The van der Waals surface area contributed by atoms with Crippen molar-refractivity contribution in [1.29, 1.82) is 0 Å². The molecule has 0 amide bonds. The van der Waals surface area contributed by atoms with Crippen molar-refractivity contribution in [1.82, 2.24) is 9.80 Å². The Morgan fingerprint density at radius 3 is 2.92 bits per heavy atom. The van der Waals surface area contributed by atoms with E-state index in [4.69, 9.17) is 11.6 Å². The molecule has 0 saturated carbocycles. The molecule has 0 aromatic heterocycles. The molecule has 2 atom stereocenters. The number of aliphatic hydroxyl groups is 1. The van der Waals surface area contributed by atoms with Crippen molar-refractivity contribution >= 4 is 51.7 Å². The number of amidine groups is 1. The molecule has 3 aliphatic rings. The van der Waals surface area contributed by atoms with Crippen molar-refractivity contribution < 1.29 is 9.50 Å². The summed E-state index contributed by atoms with van der Waals surface area (Å²) in [6.07, 6.45) is -1.12. The number of rotatable bonds is 0. The summed E-state index contributed by atoms with van der Waals surface area (Å²) in [5, 5.41) is 14.1. The van der Waals surface area contributed by atoms with E-state index in [-0.39, 0.29) is 6.04 Å². The number of anilines is 2. The van der Waals surface area contributed by atoms with Gasteiger partial charge < -0.3 is 20.2 Å². The number of nitrogens with one attached hydrogen (secondary N) is 1. The molecule has 4 rings (SSSR count). The summed E-state index contributed by atoms with van der Waals surface area (Å²) in [5.74, 6) is 0.221. The van der Waals surface area contributed by atoms with Crippen LogP contribution in [0.2, 0.25) is 5.02 Å². The summed E-state index contributed by atoms with van der Waals surface area (Å²) in [6.45, 7) is 4.90. The zero-order chi connectivity index (χ0) is 17.2. The maximum Gasteiger partial charge on any atom is 0.236 e. The van der Waals surface area contributed by atoms with Crippen molar-refractivity contribution in [3.63, 3.8) is 0 Å². The average Bonchev–Trinajstić information content (AvgIpc) is 2.70. The minimum atomic E-state index is -1.12. The van der Waals surface area contributed by atoms with E-state index in [0.29, 0.717) is 39.9 Å². The second-order valence-electron chi connectivity index (χ2n) is 6.45. The quantitative estimate of drug-likeness (QED) is 0.454. The second kappa shape index (κ2) is 5.86. The lowest BCUT2D eigenvalue weighted by Crippen LogP contribution is -2.56. The van der Waals surface area contributed by atoms with E-state index in [0.717, 1.165) is 19.6 Å². The third kappa shape index (κ3) is 2.30. The van der Waals surface area contributed by atoms with Gasteiger partial charge in [-0.3, -0.25) is 3.11 Å². The molecule has 1 aromatic rings. The fourth-order valence-corrected chi connectivity index (χ4v) is 4.45. The molecule has 130 valence electrons. The van der Waals surface area contributed by atoms with Crippen molar-refractivity contribution in [3.8, 4) is 0 Å². The standard InChI is InChI=1S/C15H18ClFIN5O/c1-7-10(16)12-9-13(11(7)17)23(18)15(24)20-14(9)22-4-3-21(2)6-8(22)5-19-12/h8,15,19,24H,3-6H2,1-2H3. The third-order valence-electron chi connectivity index (χ3n) is 4.92. The number of nitrogens with zero attached hydrogens (tertiary/aromatic N) is 4. The van der Waals surface area contributed by atoms with Crippen LogP contribution in [-0.4, -0.2) is 66.4 Å². The van der Waals surface area contributed by atoms with Crippen molar-refractivity contribution in [3.05, 3.63) is 22.0 Å². The first-order valence-electron chi connectivity index (χ1n) is 7.82. The lowest BCUT2D eigenvalue weighted by atomic mass is 10.0. The predicted molar refractivity (Wildman–Crippen MR) is 102 cm³/mol. The van der Waals surface area contributed by atoms with E-state index in [2.05, 4.69) is 27.2 Å². The number of fused-ring (bicyclic) bond motifs is 2. The van der Waals surface area contributed by atoms with E-state index in [9.17, 15) is 9.50 Å². The molecule has 2 N–H and O–H groups in total. The van der Waals surface area contributed by atoms with Crippen molar-refractivity contribution in [2.24, 2.45) is 4.99 Å². The highest BCUT2D eigenvalue weighted by Crippen LogP contribution is 2.45. The highest BCUT2D eigenvalue weighted by molar-refractivity contribution is 14.1. The summed E-state index contributed by atoms with van der Waals surface area (Å²) >= 11 is 8.35. The normalized spacial score (nSPS) is 26.3. The summed E-state index contributed by atoms with van der Waals surface area (Å²) in [5.41, 5.74) is 2.08. The van der Waals surface area contributed by atoms with Crippen molar-refractivity contribution in [2.45, 2.75) is 19.3 Å². The summed E-state index contributed by atoms with van der Waals surface area (Å²) in [6, 6.07) is 0.190. The zero-order valence-corrected chi connectivity index (χ0v) is 16.3. The van der Waals surface area contributed by atoms with Gasteiger partial charge in [0.1, 0.15) is 5.84 Å². The van der Waals surface area contributed by atoms with E-state index >= 15 is 0 Å². The number of hydrogen-bond acceptors (Lipinski definition) is 6. The molecule has 3 aliphatic heterocycles. The smallest absolute Gasteiger partial charge is 0.236 e. The Morgan fingerprint density at radius 2 is 2.17 bits per heavy atom. The van der Waals surface area contributed by atoms with Crippen LogP contribution in [0.1, 0.15) is 11.1 Å². The Morgan fingerprint density at radius 1 is 1.42 bits per heavy atom. The minimum absolute atomic E-state index is 0.190. The van der Waals surface area contributed by atoms with Gasteiger partial charge in [0.05, 0.1) is 50.9 Å². The molecular formula is C15H18ClFIN5O. The molecule has 3 heterocycles. The number of halogens is 3. The molecule has 1 fully saturated rings. The lowest BCUT2D eigenvalue weighted by molar-refractivity contribution is 0.152. The summed E-state index contributed by atoms with van der Waals surface area (Å²) in [4.78, 5) is 8.88. The predicted octanol–water partition coefficient (Wildman–Crippen LogP) is 2.02. The van der Waals surface area contributed by atoms with E-state index < -0.39 is 12.2 Å². The van der Waals surface area contributed by atoms with Crippen LogP contribution in [0.15, 0.2) is 4.99 Å². The maximum atomic E-state index is 14.9. The number of hydrogen-bond donors (Lipinski definition) is 2. The molecule has 0 radical (unpaired) electrons. The van der Waals surface area contributed by atoms with E-state index in [1.165, 1.54) is 3.11 Å². The number of benzene rings is 1. The first-order chi connectivity index (χ1) is 11.4. The van der Waals surface area contributed by atoms with Gasteiger partial charge in [0.25, 0.3) is 0 Å². The molecule has 24 heavy (non-hydrogen) atoms. The van der Waals surface area contributed by atoms with Crippen LogP contribution in [0, 0.1) is 12.7 Å². The summed E-state index contributed by atoms with van der Waals surface area (Å²) in [7, 11) is 2.09. The lowest BCUT2D eigenvalue weighted by Gasteiger charge is -2.42. The molecule has 0 aliphatic carbocycles. The van der Waals surface area contributed by atoms with Gasteiger partial charge in [0.15, 0.2) is 5.82 Å². The van der Waals surface area contributed by atoms with Crippen LogP contribution in [-0.2, 0) is 0 Å². The Bertz CT molecular complexity index is 745. The Labute approximate surface area is 158 Å². The van der Waals surface area contributed by atoms with Gasteiger partial charge in [-0.15, -0.1) is 0 Å². The van der Waals surface area contributed by atoms with Crippen molar-refractivity contribution in [2.75, 3.05) is 41.7 Å². The van der Waals surface area contributed by atoms with Gasteiger partial charge in [-0.2, -0.15) is 0 Å². The number of aliphatic hydroxyl groups excluding tert-OH is 1. The monoisotopic (exact) mass is 465 g/mol. The number of likely N-dealkylation sites (N-methyl/N-ethyl adjacent to an activating group) is 1. The van der Waals surface area contributed by atoms with E-state index in [1.807, 2.05) is 22.9 Å². The van der Waals surface area contributed by atoms with Crippen LogP contribution in [0.3, 0.4) is 0 Å². The number of piperazine rings is 1. The van der Waals surface area contributed by atoms with Gasteiger partial charge in [-0.25, -0.2) is 9.38 Å². The molecule has 2 unspecified atom stereocenters. The average molecular weight is 466 g/mol. The Kier molecular flexibility index (Phi) is 4.06. The largest absolute Gasteiger partial charge is 0.381 e. The van der Waals surface area contributed by atoms with Crippen LogP contribution in [0.25, 0.3) is 0 Å². The van der Waals surface area contributed by atoms with Crippen LogP contribution in [0.4, 0.5) is 15.8 Å². The van der Waals surface area contributed by atoms with E-state index in [1.54, 1.807) is 6.92 Å². The third-order valence-corrected chi connectivity index (χ3v) is 6.38. The van der Waals surface area contributed by atoms with Gasteiger partial charge in [0.2, 0.25) is 6.35 Å². The molecule has 1 aromatic carbocycles. The molecule has 6 nitrogen and oxygen atoms in total. The molecular weight excluding hydrogens is 448 g/mol. The maximum absolute atomic E-state index is 14.9. The van der Waals surface area contributed by atoms with Gasteiger partial charge >= 0.3 is 0 Å². The fourth-order valence-electron chi connectivity index (χ4n) is 3.63. The van der Waals surface area contributed by atoms with Crippen LogP contribution < -0.4 is 8.43 Å². The Balaban J connectivity index is 1.96. The highest BCUT2D eigenvalue weighted by Gasteiger charge is 2.40. The first kappa shape index (κ1) is 16.6. The Hall–Kier alpha value is -0.840. The summed E-state index contributed by atoms with van der Waals surface area (Å²) < 4.78 is 16.4. The van der Waals surface area contributed by atoms with Gasteiger partial charge in [0, 0.05) is 31.7 Å². The molecule has 1 saturated heterocycles. The topological polar surface area (TPSA) is 54.3 Å². The van der Waals surface area contributed by atoms with Gasteiger partial charge in [-0.1, -0.05) is 11.6 Å². The van der Waals surface area contributed by atoms with Crippen LogP contribution in [0.5, 0.6) is 0 Å². The SMILES string of the molecule is Cc1c(F)c2c3c(c1Cl)NCC1CN(C)CCN1C3=NC(O)N2I. The molecule has 9 heteroatoms.